The third kappa shape index (κ3) is 7.37. The van der Waals surface area contributed by atoms with Crippen molar-refractivity contribution in [2.45, 2.75) is 46.5 Å². The lowest BCUT2D eigenvalue weighted by Gasteiger charge is -2.33. The van der Waals surface area contributed by atoms with E-state index < -0.39 is 0 Å². The molecule has 3 aromatic rings. The molecule has 0 saturated carbocycles. The number of nitrogens with one attached hydrogen (secondary N) is 1. The van der Waals surface area contributed by atoms with Crippen LogP contribution in [0.5, 0.6) is 5.75 Å². The number of benzene rings is 2. The molecule has 0 atom stereocenters. The van der Waals surface area contributed by atoms with Crippen molar-refractivity contribution in [3.63, 3.8) is 0 Å². The van der Waals surface area contributed by atoms with Crippen molar-refractivity contribution in [2.75, 3.05) is 6.61 Å². The molecule has 1 amide bonds. The van der Waals surface area contributed by atoms with E-state index in [4.69, 9.17) is 32.4 Å². The van der Waals surface area contributed by atoms with E-state index in [1.54, 1.807) is 30.3 Å². The summed E-state index contributed by atoms with van der Waals surface area (Å²) in [5.41, 5.74) is 4.67. The summed E-state index contributed by atoms with van der Waals surface area (Å²) >= 11 is 12.1. The van der Waals surface area contributed by atoms with Gasteiger partial charge < -0.3 is 9.15 Å². The third-order valence-corrected chi connectivity index (χ3v) is 5.73. The molecular formula is C27H30Cl2N2O3. The van der Waals surface area contributed by atoms with Gasteiger partial charge in [-0.05, 0) is 65.3 Å². The molecule has 0 radical (unpaired) electrons. The first kappa shape index (κ1) is 25.9. The van der Waals surface area contributed by atoms with E-state index in [1.807, 2.05) is 12.1 Å². The summed E-state index contributed by atoms with van der Waals surface area (Å²) in [5.74, 6) is 1.30. The molecule has 1 heterocycles. The summed E-state index contributed by atoms with van der Waals surface area (Å²) in [5, 5.41) is 4.96. The number of amides is 1. The Balaban J connectivity index is 1.50. The molecule has 2 aromatic carbocycles. The highest BCUT2D eigenvalue weighted by atomic mass is 35.5. The standard InChI is InChI=1S/C27H30Cl2N2O3/c1-26(2,3)17-27(4,5)18-6-9-20(10-7-18)33-16-25(32)31-30-15-21-11-13-24(34-21)22-12-8-19(28)14-23(22)29/h6-15H,16-17H2,1-5H3,(H,31,32)/b30-15+. The molecule has 0 bridgehead atoms. The van der Waals surface area contributed by atoms with Crippen molar-refractivity contribution in [1.29, 1.82) is 0 Å². The fourth-order valence-corrected chi connectivity index (χ4v) is 4.54. The zero-order valence-electron chi connectivity index (χ0n) is 20.1. The maximum absolute atomic E-state index is 12.1. The number of hydrogen-bond acceptors (Lipinski definition) is 4. The summed E-state index contributed by atoms with van der Waals surface area (Å²) < 4.78 is 11.3. The van der Waals surface area contributed by atoms with Gasteiger partial charge in [0.05, 0.1) is 11.2 Å². The molecule has 180 valence electrons. The van der Waals surface area contributed by atoms with Crippen LogP contribution in [0.2, 0.25) is 10.0 Å². The molecule has 0 aliphatic heterocycles. The number of carbonyl (C=O) groups is 1. The van der Waals surface area contributed by atoms with E-state index in [-0.39, 0.29) is 23.3 Å². The first-order valence-corrected chi connectivity index (χ1v) is 11.8. The highest BCUT2D eigenvalue weighted by molar-refractivity contribution is 6.36. The minimum Gasteiger partial charge on any atom is -0.484 e. The predicted molar refractivity (Wildman–Crippen MR) is 139 cm³/mol. The number of ether oxygens (including phenoxy) is 1. The van der Waals surface area contributed by atoms with Crippen molar-refractivity contribution in [3.8, 4) is 17.1 Å². The zero-order chi connectivity index (χ0) is 24.9. The van der Waals surface area contributed by atoms with Gasteiger partial charge in [0.25, 0.3) is 5.91 Å². The second-order valence-corrected chi connectivity index (χ2v) is 10.9. The SMILES string of the molecule is CC(C)(C)CC(C)(C)c1ccc(OCC(=O)N/N=C/c2ccc(-c3ccc(Cl)cc3Cl)o2)cc1. The average molecular weight is 501 g/mol. The van der Waals surface area contributed by atoms with Crippen LogP contribution in [-0.2, 0) is 10.2 Å². The van der Waals surface area contributed by atoms with Crippen LogP contribution < -0.4 is 10.2 Å². The molecule has 0 fully saturated rings. The van der Waals surface area contributed by atoms with Crippen LogP contribution in [0.15, 0.2) is 64.1 Å². The molecule has 1 N–H and O–H groups in total. The fourth-order valence-electron chi connectivity index (χ4n) is 4.04. The van der Waals surface area contributed by atoms with Crippen molar-refractivity contribution in [3.05, 3.63) is 76.0 Å². The van der Waals surface area contributed by atoms with E-state index in [0.29, 0.717) is 27.3 Å². The first-order chi connectivity index (χ1) is 15.9. The smallest absolute Gasteiger partial charge is 0.277 e. The van der Waals surface area contributed by atoms with Crippen LogP contribution in [0, 0.1) is 5.41 Å². The Hall–Kier alpha value is -2.76. The van der Waals surface area contributed by atoms with Gasteiger partial charge >= 0.3 is 0 Å². The van der Waals surface area contributed by atoms with Gasteiger partial charge in [0.1, 0.15) is 17.3 Å². The summed E-state index contributed by atoms with van der Waals surface area (Å²) in [6.45, 7) is 11.1. The highest BCUT2D eigenvalue weighted by Crippen LogP contribution is 2.36. The molecule has 3 rings (SSSR count). The van der Waals surface area contributed by atoms with Crippen molar-refractivity contribution in [1.82, 2.24) is 5.43 Å². The Morgan fingerprint density at radius 1 is 1.03 bits per heavy atom. The Kier molecular flexibility index (Phi) is 8.11. The predicted octanol–water partition coefficient (Wildman–Crippen LogP) is 7.50. The van der Waals surface area contributed by atoms with Gasteiger partial charge in [-0.15, -0.1) is 0 Å². The molecule has 0 saturated heterocycles. The van der Waals surface area contributed by atoms with Crippen LogP contribution in [-0.4, -0.2) is 18.7 Å². The Labute approximate surface area is 211 Å². The van der Waals surface area contributed by atoms with Gasteiger partial charge in [0.2, 0.25) is 0 Å². The second kappa shape index (κ2) is 10.7. The van der Waals surface area contributed by atoms with Crippen molar-refractivity contribution >= 4 is 35.3 Å². The number of hydrazone groups is 1. The van der Waals surface area contributed by atoms with Crippen LogP contribution in [0.3, 0.4) is 0 Å². The Morgan fingerprint density at radius 2 is 1.74 bits per heavy atom. The summed E-state index contributed by atoms with van der Waals surface area (Å²) in [6, 6.07) is 16.6. The number of furan rings is 1. The van der Waals surface area contributed by atoms with E-state index >= 15 is 0 Å². The van der Waals surface area contributed by atoms with Crippen molar-refractivity contribution < 1.29 is 13.9 Å². The third-order valence-electron chi connectivity index (χ3n) is 5.18. The van der Waals surface area contributed by atoms with Crippen molar-refractivity contribution in [2.24, 2.45) is 10.5 Å². The van der Waals surface area contributed by atoms with E-state index in [9.17, 15) is 4.79 Å². The number of rotatable bonds is 8. The lowest BCUT2D eigenvalue weighted by molar-refractivity contribution is -0.123. The fraction of sp³-hybridized carbons (Fsp3) is 0.333. The molecule has 1 aromatic heterocycles. The van der Waals surface area contributed by atoms with Gasteiger partial charge in [-0.2, -0.15) is 5.10 Å². The largest absolute Gasteiger partial charge is 0.484 e. The molecular weight excluding hydrogens is 471 g/mol. The molecule has 7 heteroatoms. The molecule has 5 nitrogen and oxygen atoms in total. The first-order valence-electron chi connectivity index (χ1n) is 11.0. The summed E-state index contributed by atoms with van der Waals surface area (Å²) in [7, 11) is 0. The van der Waals surface area contributed by atoms with Gasteiger partial charge in [-0.25, -0.2) is 5.43 Å². The Bertz CT molecular complexity index is 1160. The maximum atomic E-state index is 12.1. The van der Waals surface area contributed by atoms with E-state index in [0.717, 1.165) is 12.0 Å². The summed E-state index contributed by atoms with van der Waals surface area (Å²) in [4.78, 5) is 12.1. The van der Waals surface area contributed by atoms with Crippen LogP contribution >= 0.6 is 23.2 Å². The number of carbonyl (C=O) groups excluding carboxylic acids is 1. The summed E-state index contributed by atoms with van der Waals surface area (Å²) in [6.07, 6.45) is 2.47. The lowest BCUT2D eigenvalue weighted by Crippen LogP contribution is -2.25. The molecule has 0 spiro atoms. The number of nitrogens with zero attached hydrogens (tertiary/aromatic N) is 1. The molecule has 34 heavy (non-hydrogen) atoms. The normalized spacial score (nSPS) is 12.2. The molecule has 0 aliphatic carbocycles. The lowest BCUT2D eigenvalue weighted by atomic mass is 9.72. The van der Waals surface area contributed by atoms with Crippen LogP contribution in [0.25, 0.3) is 11.3 Å². The number of hydrogen-bond donors (Lipinski definition) is 1. The van der Waals surface area contributed by atoms with Crippen LogP contribution in [0.1, 0.15) is 52.4 Å². The van der Waals surface area contributed by atoms with Gasteiger partial charge in [0, 0.05) is 10.6 Å². The van der Waals surface area contributed by atoms with Gasteiger partial charge in [-0.3, -0.25) is 4.79 Å². The van der Waals surface area contributed by atoms with Gasteiger partial charge in [-0.1, -0.05) is 70.0 Å². The van der Waals surface area contributed by atoms with Gasteiger partial charge in [0.15, 0.2) is 6.61 Å². The minimum absolute atomic E-state index is 0.0491. The number of halogens is 2. The quantitative estimate of drug-likeness (QED) is 0.257. The zero-order valence-corrected chi connectivity index (χ0v) is 21.6. The van der Waals surface area contributed by atoms with Crippen LogP contribution in [0.4, 0.5) is 0 Å². The Morgan fingerprint density at radius 3 is 2.38 bits per heavy atom. The maximum Gasteiger partial charge on any atom is 0.277 e. The second-order valence-electron chi connectivity index (χ2n) is 10.1. The molecule has 0 aliphatic rings. The highest BCUT2D eigenvalue weighted by Gasteiger charge is 2.27. The monoisotopic (exact) mass is 500 g/mol. The molecule has 0 unspecified atom stereocenters. The average Bonchev–Trinajstić information content (AvgIpc) is 3.19. The topological polar surface area (TPSA) is 63.8 Å². The minimum atomic E-state index is -0.374. The van der Waals surface area contributed by atoms with E-state index in [1.165, 1.54) is 11.8 Å². The van der Waals surface area contributed by atoms with E-state index in [2.05, 4.69) is 57.3 Å².